The second kappa shape index (κ2) is 9.20. The van der Waals surface area contributed by atoms with Gasteiger partial charge >= 0.3 is 0 Å². The number of hydrogen-bond donors (Lipinski definition) is 0. The van der Waals surface area contributed by atoms with Crippen molar-refractivity contribution >= 4 is 60.6 Å². The van der Waals surface area contributed by atoms with Crippen molar-refractivity contribution in [3.05, 3.63) is 66.0 Å². The molecule has 0 unspecified atom stereocenters. The normalized spacial score (nSPS) is 11.5. The number of fused-ring (bicyclic) bond motifs is 1. The van der Waals surface area contributed by atoms with E-state index < -0.39 is 0 Å². The molecular weight excluding hydrogens is 510 g/mol. The van der Waals surface area contributed by atoms with Crippen LogP contribution in [-0.4, -0.2) is 23.0 Å². The van der Waals surface area contributed by atoms with Gasteiger partial charge in [0.25, 0.3) is 5.56 Å². The molecule has 0 amide bonds. The Labute approximate surface area is 184 Å². The smallest absolute Gasteiger partial charge is 0.282 e. The molecule has 28 heavy (non-hydrogen) atoms. The van der Waals surface area contributed by atoms with Crippen LogP contribution in [0.3, 0.4) is 0 Å². The van der Waals surface area contributed by atoms with E-state index in [1.54, 1.807) is 25.5 Å². The molecule has 0 aliphatic carbocycles. The second-order valence-electron chi connectivity index (χ2n) is 6.17. The summed E-state index contributed by atoms with van der Waals surface area (Å²) in [7, 11) is 1.55. The van der Waals surface area contributed by atoms with E-state index >= 15 is 0 Å². The lowest BCUT2D eigenvalue weighted by Gasteiger charge is -2.10. The Bertz CT molecular complexity index is 1090. The number of halogens is 3. The van der Waals surface area contributed by atoms with E-state index in [9.17, 15) is 4.79 Å². The van der Waals surface area contributed by atoms with Gasteiger partial charge in [0.1, 0.15) is 5.82 Å². The maximum absolute atomic E-state index is 13.1. The summed E-state index contributed by atoms with van der Waals surface area (Å²) < 4.78 is 8.15. The first-order valence-electron chi connectivity index (χ1n) is 8.73. The summed E-state index contributed by atoms with van der Waals surface area (Å²) in [6.07, 6.45) is 4.18. The summed E-state index contributed by atoms with van der Waals surface area (Å²) in [5.41, 5.74) is 1.20. The molecule has 146 valence electrons. The SMILES string of the molecule is CCCCc1nc2ccc(Br)cc2c(=O)n1N=Cc1cc(Cl)c(OC)c(Br)c1. The summed E-state index contributed by atoms with van der Waals surface area (Å²) in [6, 6.07) is 9.04. The number of nitrogens with zero attached hydrogens (tertiary/aromatic N) is 3. The summed E-state index contributed by atoms with van der Waals surface area (Å²) in [5.74, 6) is 1.19. The van der Waals surface area contributed by atoms with Crippen LogP contribution in [0.1, 0.15) is 31.2 Å². The molecule has 0 bridgehead atoms. The van der Waals surface area contributed by atoms with Crippen molar-refractivity contribution in [1.29, 1.82) is 0 Å². The molecule has 1 heterocycles. The molecule has 3 rings (SSSR count). The van der Waals surface area contributed by atoms with Crippen molar-refractivity contribution in [3.63, 3.8) is 0 Å². The Morgan fingerprint density at radius 1 is 1.29 bits per heavy atom. The Morgan fingerprint density at radius 2 is 2.07 bits per heavy atom. The van der Waals surface area contributed by atoms with E-state index in [2.05, 4.69) is 48.9 Å². The van der Waals surface area contributed by atoms with E-state index in [1.807, 2.05) is 18.2 Å². The van der Waals surface area contributed by atoms with Crippen LogP contribution in [0, 0.1) is 0 Å². The van der Waals surface area contributed by atoms with Gasteiger partial charge in [-0.05, 0) is 58.2 Å². The quantitative estimate of drug-likeness (QED) is 0.380. The Kier molecular flexibility index (Phi) is 6.91. The minimum absolute atomic E-state index is 0.202. The van der Waals surface area contributed by atoms with E-state index in [0.29, 0.717) is 38.4 Å². The van der Waals surface area contributed by atoms with Gasteiger partial charge in [-0.2, -0.15) is 9.78 Å². The van der Waals surface area contributed by atoms with Gasteiger partial charge in [-0.1, -0.05) is 40.9 Å². The van der Waals surface area contributed by atoms with Crippen molar-refractivity contribution in [2.24, 2.45) is 5.10 Å². The summed E-state index contributed by atoms with van der Waals surface area (Å²) in [4.78, 5) is 17.7. The second-order valence-corrected chi connectivity index (χ2v) is 8.35. The first-order chi connectivity index (χ1) is 13.4. The van der Waals surface area contributed by atoms with Crippen LogP contribution in [0.5, 0.6) is 5.75 Å². The summed E-state index contributed by atoms with van der Waals surface area (Å²) in [6.45, 7) is 2.10. The maximum Gasteiger partial charge on any atom is 0.282 e. The molecule has 8 heteroatoms. The van der Waals surface area contributed by atoms with Gasteiger partial charge in [0, 0.05) is 10.9 Å². The number of aromatic nitrogens is 2. The number of ether oxygens (including phenoxy) is 1. The number of aryl methyl sites for hydroxylation is 1. The molecule has 0 radical (unpaired) electrons. The zero-order chi connectivity index (χ0) is 20.3. The minimum atomic E-state index is -0.202. The van der Waals surface area contributed by atoms with Gasteiger partial charge in [0.05, 0.1) is 33.7 Å². The predicted octanol–water partition coefficient (Wildman–Crippen LogP) is 5.81. The van der Waals surface area contributed by atoms with Crippen LogP contribution in [-0.2, 0) is 6.42 Å². The highest BCUT2D eigenvalue weighted by atomic mass is 79.9. The largest absolute Gasteiger partial charge is 0.494 e. The number of benzene rings is 2. The van der Waals surface area contributed by atoms with Crippen LogP contribution in [0.25, 0.3) is 10.9 Å². The Morgan fingerprint density at radius 3 is 2.75 bits per heavy atom. The lowest BCUT2D eigenvalue weighted by atomic mass is 10.2. The molecule has 0 saturated carbocycles. The van der Waals surface area contributed by atoms with Crippen molar-refractivity contribution in [2.45, 2.75) is 26.2 Å². The molecule has 0 atom stereocenters. The molecule has 0 fully saturated rings. The topological polar surface area (TPSA) is 56.5 Å². The van der Waals surface area contributed by atoms with E-state index in [4.69, 9.17) is 16.3 Å². The van der Waals surface area contributed by atoms with Crippen molar-refractivity contribution in [2.75, 3.05) is 7.11 Å². The fourth-order valence-electron chi connectivity index (χ4n) is 2.78. The number of methoxy groups -OCH3 is 1. The Balaban J connectivity index is 2.11. The van der Waals surface area contributed by atoms with Crippen molar-refractivity contribution in [3.8, 4) is 5.75 Å². The maximum atomic E-state index is 13.1. The third kappa shape index (κ3) is 4.47. The van der Waals surface area contributed by atoms with Crippen molar-refractivity contribution in [1.82, 2.24) is 9.66 Å². The van der Waals surface area contributed by atoms with Crippen LogP contribution in [0.15, 0.2) is 49.2 Å². The van der Waals surface area contributed by atoms with Crippen LogP contribution < -0.4 is 10.3 Å². The molecule has 0 saturated heterocycles. The zero-order valence-electron chi connectivity index (χ0n) is 15.4. The lowest BCUT2D eigenvalue weighted by Crippen LogP contribution is -2.22. The highest BCUT2D eigenvalue weighted by Crippen LogP contribution is 2.33. The van der Waals surface area contributed by atoms with Crippen LogP contribution in [0.2, 0.25) is 5.02 Å². The summed E-state index contributed by atoms with van der Waals surface area (Å²) >= 11 is 13.1. The van der Waals surface area contributed by atoms with Gasteiger partial charge in [0.15, 0.2) is 5.75 Å². The van der Waals surface area contributed by atoms with Gasteiger partial charge in [-0.3, -0.25) is 4.79 Å². The van der Waals surface area contributed by atoms with E-state index in [-0.39, 0.29) is 5.56 Å². The minimum Gasteiger partial charge on any atom is -0.494 e. The van der Waals surface area contributed by atoms with Gasteiger partial charge in [-0.15, -0.1) is 0 Å². The molecule has 3 aromatic rings. The first-order valence-corrected chi connectivity index (χ1v) is 10.7. The summed E-state index contributed by atoms with van der Waals surface area (Å²) in [5, 5.41) is 5.40. The fraction of sp³-hybridized carbons (Fsp3) is 0.250. The standard InChI is InChI=1S/C20H18Br2ClN3O2/c1-3-4-5-18-25-17-7-6-13(21)10-14(17)20(27)26(18)24-11-12-8-15(22)19(28-2)16(23)9-12/h6-11H,3-5H2,1-2H3. The van der Waals surface area contributed by atoms with E-state index in [0.717, 1.165) is 22.9 Å². The molecular formula is C20H18Br2ClN3O2. The lowest BCUT2D eigenvalue weighted by molar-refractivity contribution is 0.412. The first kappa shape index (κ1) is 21.0. The molecule has 2 aromatic carbocycles. The number of unbranched alkanes of at least 4 members (excludes halogenated alkanes) is 1. The highest BCUT2D eigenvalue weighted by Gasteiger charge is 2.11. The fourth-order valence-corrected chi connectivity index (χ4v) is 4.20. The van der Waals surface area contributed by atoms with Crippen molar-refractivity contribution < 1.29 is 4.74 Å². The van der Waals surface area contributed by atoms with Crippen LogP contribution in [0.4, 0.5) is 0 Å². The Hall–Kier alpha value is -1.70. The molecule has 0 aliphatic heterocycles. The molecule has 5 nitrogen and oxygen atoms in total. The van der Waals surface area contributed by atoms with Gasteiger partial charge in [-0.25, -0.2) is 4.98 Å². The van der Waals surface area contributed by atoms with Gasteiger partial charge < -0.3 is 4.74 Å². The highest BCUT2D eigenvalue weighted by molar-refractivity contribution is 9.10. The number of hydrogen-bond acceptors (Lipinski definition) is 4. The number of rotatable bonds is 6. The predicted molar refractivity (Wildman–Crippen MR) is 121 cm³/mol. The molecule has 0 spiro atoms. The average molecular weight is 528 g/mol. The third-order valence-corrected chi connectivity index (χ3v) is 5.54. The van der Waals surface area contributed by atoms with Crippen LogP contribution >= 0.6 is 43.5 Å². The monoisotopic (exact) mass is 525 g/mol. The molecule has 0 aliphatic rings. The average Bonchev–Trinajstić information content (AvgIpc) is 2.66. The van der Waals surface area contributed by atoms with Gasteiger partial charge in [0.2, 0.25) is 0 Å². The molecule has 0 N–H and O–H groups in total. The third-order valence-electron chi connectivity index (χ3n) is 4.18. The van der Waals surface area contributed by atoms with E-state index in [1.165, 1.54) is 4.68 Å². The molecule has 1 aromatic heterocycles. The zero-order valence-corrected chi connectivity index (χ0v) is 19.3.